The van der Waals surface area contributed by atoms with E-state index in [4.69, 9.17) is 36.6 Å². The average Bonchev–Trinajstić information content (AvgIpc) is 3.89. The fourth-order valence-electron chi connectivity index (χ4n) is 7.38. The Morgan fingerprint density at radius 3 is 1.92 bits per heavy atom. The first-order valence-electron chi connectivity index (χ1n) is 22.7. The molecule has 0 spiro atoms. The first kappa shape index (κ1) is 54.8. The molecule has 386 valence electrons. The fourth-order valence-corrected chi connectivity index (χ4v) is 13.1. The van der Waals surface area contributed by atoms with Crippen molar-refractivity contribution >= 4 is 116 Å². The number of nitrogens with two attached hydrogens (primary N) is 1. The summed E-state index contributed by atoms with van der Waals surface area (Å²) < 4.78 is 11.4. The number of β-lactam (4-membered cyclic amide) rings is 1. The zero-order chi connectivity index (χ0) is 52.5. The second-order valence-corrected chi connectivity index (χ2v) is 24.3. The SMILES string of the molecule is CC(C)(C)OC(=O)NCCNc1nc(CSCCNC(=O)OC(C)(C)C)c(SC2=C(C(=O)O)N3C(=O)[C@@H](NC(=O)/C(=N\OC(c4ccccc4)(c4ccccc4)c4ccccc4)c4nc(N)sc4Cl)[C@@H]3SC2)s1. The summed E-state index contributed by atoms with van der Waals surface area (Å²) in [7, 11) is 0. The van der Waals surface area contributed by atoms with E-state index in [-0.39, 0.29) is 38.9 Å². The van der Waals surface area contributed by atoms with Crippen LogP contribution in [0, 0.1) is 0 Å². The number of halogens is 1. The van der Waals surface area contributed by atoms with Crippen LogP contribution in [0.15, 0.2) is 111 Å². The average molecular weight is 1110 g/mol. The van der Waals surface area contributed by atoms with Crippen molar-refractivity contribution in [1.82, 2.24) is 30.8 Å². The van der Waals surface area contributed by atoms with Crippen molar-refractivity contribution in [2.45, 2.75) is 79.7 Å². The molecule has 2 aromatic heterocycles. The molecule has 0 saturated carbocycles. The minimum absolute atomic E-state index is 0.0558. The molecule has 1 saturated heterocycles. The Balaban J connectivity index is 1.12. The number of hydrogen-bond acceptors (Lipinski definition) is 18. The van der Waals surface area contributed by atoms with Crippen molar-refractivity contribution in [1.29, 1.82) is 0 Å². The molecule has 3 aromatic carbocycles. The van der Waals surface area contributed by atoms with Gasteiger partial charge in [0.15, 0.2) is 16.0 Å². The van der Waals surface area contributed by atoms with E-state index in [1.165, 1.54) is 51.5 Å². The van der Waals surface area contributed by atoms with Crippen LogP contribution in [0.2, 0.25) is 4.34 Å². The number of benzene rings is 3. The van der Waals surface area contributed by atoms with Gasteiger partial charge in [0, 0.05) is 58.5 Å². The van der Waals surface area contributed by atoms with Crippen molar-refractivity contribution in [2.24, 2.45) is 5.16 Å². The summed E-state index contributed by atoms with van der Waals surface area (Å²) in [6, 6.07) is 27.0. The lowest BCUT2D eigenvalue weighted by Crippen LogP contribution is -2.71. The molecule has 2 atom stereocenters. The fraction of sp³-hybridized carbons (Fsp3) is 0.347. The summed E-state index contributed by atoms with van der Waals surface area (Å²) >= 11 is 12.9. The summed E-state index contributed by atoms with van der Waals surface area (Å²) in [6.45, 7) is 11.5. The minimum Gasteiger partial charge on any atom is -0.477 e. The molecular formula is C49H54ClN9O9S5. The molecule has 0 aliphatic carbocycles. The quantitative estimate of drug-likeness (QED) is 0.0140. The van der Waals surface area contributed by atoms with Gasteiger partial charge in [-0.25, -0.2) is 24.4 Å². The Hall–Kier alpha value is -5.98. The highest BCUT2D eigenvalue weighted by molar-refractivity contribution is 8.07. The standard InChI is InChI=1S/C49H54ClN9O9S5/c1-47(2,3)66-45(64)53-23-22-52-44-55-31(26-69-25-24-54-46(65)67-48(4,5)6)42(73-44)71-32-27-70-40-35(39(61)59(40)36(32)41(62)63)56-38(60)34(33-37(50)72-43(51)57-33)58-68-49(28-16-10-7-11-17-28,29-18-12-8-13-19-29)30-20-14-9-15-21-30/h7-21,35,40H,22-27H2,1-6H3,(H2,51,57)(H,52,55)(H,53,64)(H,54,65)(H,56,60)(H,62,63)/b58-34-/t35-,40+/m1/s1. The van der Waals surface area contributed by atoms with Gasteiger partial charge in [-0.2, -0.15) is 11.8 Å². The number of aromatic nitrogens is 2. The number of carbonyl (C=O) groups is 5. The van der Waals surface area contributed by atoms with Crippen LogP contribution in [0.1, 0.15) is 69.6 Å². The van der Waals surface area contributed by atoms with Crippen molar-refractivity contribution in [3.05, 3.63) is 134 Å². The van der Waals surface area contributed by atoms with Gasteiger partial charge in [-0.15, -0.1) is 11.8 Å². The lowest BCUT2D eigenvalue weighted by atomic mass is 9.80. The first-order valence-corrected chi connectivity index (χ1v) is 27.8. The summed E-state index contributed by atoms with van der Waals surface area (Å²) in [5, 5.41) is 26.5. The maximum absolute atomic E-state index is 14.6. The molecule has 2 aliphatic rings. The molecule has 7 rings (SSSR count). The van der Waals surface area contributed by atoms with E-state index in [0.717, 1.165) is 11.3 Å². The number of carboxylic acid groups (broad SMARTS) is 1. The molecule has 24 heteroatoms. The number of fused-ring (bicyclic) bond motifs is 1. The normalized spacial score (nSPS) is 16.0. The summed E-state index contributed by atoms with van der Waals surface area (Å²) in [5.41, 5.74) is 5.47. The van der Waals surface area contributed by atoms with E-state index in [2.05, 4.69) is 31.4 Å². The molecule has 2 aliphatic heterocycles. The molecule has 0 radical (unpaired) electrons. The second kappa shape index (κ2) is 23.9. The number of ether oxygens (including phenoxy) is 2. The number of nitrogens with zero attached hydrogens (tertiary/aromatic N) is 4. The van der Waals surface area contributed by atoms with Gasteiger partial charge in [-0.05, 0) is 41.5 Å². The van der Waals surface area contributed by atoms with Crippen LogP contribution < -0.4 is 27.0 Å². The lowest BCUT2D eigenvalue weighted by molar-refractivity contribution is -0.150. The van der Waals surface area contributed by atoms with Crippen LogP contribution >= 0.6 is 69.6 Å². The number of alkyl carbamates (subject to hydrolysis) is 2. The maximum atomic E-state index is 14.6. The maximum Gasteiger partial charge on any atom is 0.407 e. The molecule has 0 unspecified atom stereocenters. The first-order chi connectivity index (χ1) is 34.7. The van der Waals surface area contributed by atoms with Gasteiger partial charge in [0.05, 0.1) is 9.90 Å². The number of oxime groups is 1. The van der Waals surface area contributed by atoms with Crippen molar-refractivity contribution in [3.8, 4) is 0 Å². The molecule has 7 N–H and O–H groups in total. The minimum atomic E-state index is -1.40. The third-order valence-electron chi connectivity index (χ3n) is 10.4. The second-order valence-electron chi connectivity index (χ2n) is 18.1. The Morgan fingerprint density at radius 1 is 0.836 bits per heavy atom. The smallest absolute Gasteiger partial charge is 0.407 e. The number of anilines is 2. The zero-order valence-corrected chi connectivity index (χ0v) is 45.4. The number of rotatable bonds is 20. The molecule has 0 bridgehead atoms. The van der Waals surface area contributed by atoms with Crippen molar-refractivity contribution in [2.75, 3.05) is 42.2 Å². The number of thiazole rings is 2. The van der Waals surface area contributed by atoms with E-state index in [1.54, 1.807) is 41.5 Å². The largest absolute Gasteiger partial charge is 0.477 e. The molecule has 4 amide bonds. The molecule has 4 heterocycles. The Bertz CT molecular complexity index is 2760. The molecule has 1 fully saturated rings. The Morgan fingerprint density at radius 2 is 1.40 bits per heavy atom. The monoisotopic (exact) mass is 1110 g/mol. The Labute approximate surface area is 448 Å². The highest BCUT2D eigenvalue weighted by Gasteiger charge is 2.55. The highest BCUT2D eigenvalue weighted by Crippen LogP contribution is 2.48. The zero-order valence-electron chi connectivity index (χ0n) is 40.6. The van der Waals surface area contributed by atoms with Gasteiger partial charge in [0.1, 0.15) is 38.3 Å². The molecular weight excluding hydrogens is 1050 g/mol. The van der Waals surface area contributed by atoms with E-state index in [0.29, 0.717) is 61.2 Å². The molecule has 18 nitrogen and oxygen atoms in total. The number of aliphatic carboxylic acids is 1. The summed E-state index contributed by atoms with van der Waals surface area (Å²) in [4.78, 5) is 83.7. The van der Waals surface area contributed by atoms with E-state index in [1.807, 2.05) is 91.0 Å². The topological polar surface area (TPSA) is 249 Å². The van der Waals surface area contributed by atoms with Crippen LogP contribution in [0.5, 0.6) is 0 Å². The third kappa shape index (κ3) is 13.8. The van der Waals surface area contributed by atoms with Gasteiger partial charge in [-0.1, -0.05) is 142 Å². The van der Waals surface area contributed by atoms with E-state index < -0.39 is 58.2 Å². The van der Waals surface area contributed by atoms with Crippen LogP contribution in [0.4, 0.5) is 19.9 Å². The number of nitrogen functional groups attached to an aromatic ring is 1. The van der Waals surface area contributed by atoms with Gasteiger partial charge in [-0.3, -0.25) is 14.5 Å². The highest BCUT2D eigenvalue weighted by atomic mass is 35.5. The predicted octanol–water partition coefficient (Wildman–Crippen LogP) is 8.73. The van der Waals surface area contributed by atoms with Crippen LogP contribution in [-0.2, 0) is 40.0 Å². The van der Waals surface area contributed by atoms with Crippen molar-refractivity contribution < 1.29 is 43.4 Å². The Kier molecular flexibility index (Phi) is 18.0. The van der Waals surface area contributed by atoms with Gasteiger partial charge in [0.2, 0.25) is 5.60 Å². The van der Waals surface area contributed by atoms with Crippen LogP contribution in [-0.4, -0.2) is 109 Å². The molecule has 5 aromatic rings. The lowest BCUT2D eigenvalue weighted by Gasteiger charge is -2.49. The summed E-state index contributed by atoms with van der Waals surface area (Å²) in [5.74, 6) is -1.75. The van der Waals surface area contributed by atoms with Gasteiger partial charge < -0.3 is 46.4 Å². The third-order valence-corrected chi connectivity index (χ3v) is 16.3. The predicted molar refractivity (Wildman–Crippen MR) is 289 cm³/mol. The summed E-state index contributed by atoms with van der Waals surface area (Å²) in [6.07, 6.45) is -1.09. The van der Waals surface area contributed by atoms with Crippen LogP contribution in [0.25, 0.3) is 0 Å². The number of hydrogen-bond donors (Lipinski definition) is 6. The number of carbonyl (C=O) groups excluding carboxylic acids is 4. The van der Waals surface area contributed by atoms with Gasteiger partial charge in [0.25, 0.3) is 11.8 Å². The van der Waals surface area contributed by atoms with Crippen molar-refractivity contribution in [3.63, 3.8) is 0 Å². The number of carboxylic acids is 1. The van der Waals surface area contributed by atoms with Gasteiger partial charge >= 0.3 is 18.2 Å². The van der Waals surface area contributed by atoms with E-state index in [9.17, 15) is 29.1 Å². The number of thioether (sulfide) groups is 3. The number of nitrogens with one attached hydrogen (secondary N) is 4. The van der Waals surface area contributed by atoms with Crippen LogP contribution in [0.3, 0.4) is 0 Å². The molecule has 73 heavy (non-hydrogen) atoms. The number of amides is 4. The van der Waals surface area contributed by atoms with E-state index >= 15 is 0 Å².